The molecule has 3 heterocycles. The first kappa shape index (κ1) is 22.2. The number of Topliss-reactive ketones (excluding diaryl/α,β-unsaturated/α-hetero) is 1. The molecule has 0 radical (unpaired) electrons. The Morgan fingerprint density at radius 2 is 1.88 bits per heavy atom. The van der Waals surface area contributed by atoms with Gasteiger partial charge >= 0.3 is 0 Å². The minimum absolute atomic E-state index is 0.0309. The Labute approximate surface area is 194 Å². The average Bonchev–Trinajstić information content (AvgIpc) is 3.55. The summed E-state index contributed by atoms with van der Waals surface area (Å²) in [5, 5.41) is 10.6. The summed E-state index contributed by atoms with van der Waals surface area (Å²) in [7, 11) is 3.16. The number of methoxy groups -OCH3 is 2. The van der Waals surface area contributed by atoms with Crippen LogP contribution in [0.15, 0.2) is 51.4 Å². The van der Waals surface area contributed by atoms with Crippen molar-refractivity contribution in [2.24, 2.45) is 0 Å². The predicted molar refractivity (Wildman–Crippen MR) is 125 cm³/mol. The Morgan fingerprint density at radius 1 is 1.12 bits per heavy atom. The number of carbonyl (C=O) groups is 1. The highest BCUT2D eigenvalue weighted by Crippen LogP contribution is 2.31. The Bertz CT molecular complexity index is 1210. The molecule has 0 atom stereocenters. The maximum Gasteiger partial charge on any atom is 0.277 e. The fraction of sp³-hybridized carbons (Fsp3) is 0.261. The van der Waals surface area contributed by atoms with Crippen LogP contribution < -0.4 is 9.47 Å². The summed E-state index contributed by atoms with van der Waals surface area (Å²) in [5.74, 6) is 1.83. The van der Waals surface area contributed by atoms with Crippen molar-refractivity contribution in [1.29, 1.82) is 0 Å². The van der Waals surface area contributed by atoms with E-state index in [1.807, 2.05) is 26.0 Å². The number of thioether (sulfide) groups is 1. The van der Waals surface area contributed by atoms with Crippen LogP contribution in [0.4, 0.5) is 0 Å². The number of rotatable bonds is 9. The molecule has 0 aliphatic carbocycles. The van der Waals surface area contributed by atoms with E-state index in [2.05, 4.69) is 26.2 Å². The first-order chi connectivity index (χ1) is 15.5. The summed E-state index contributed by atoms with van der Waals surface area (Å²) < 4.78 is 18.5. The van der Waals surface area contributed by atoms with Crippen molar-refractivity contribution >= 4 is 28.9 Å². The van der Waals surface area contributed by atoms with Gasteiger partial charge in [-0.2, -0.15) is 0 Å². The van der Waals surface area contributed by atoms with Crippen LogP contribution in [0.25, 0.3) is 11.5 Å². The molecule has 9 heteroatoms. The number of aromatic nitrogens is 3. The minimum atomic E-state index is 0.0309. The van der Waals surface area contributed by atoms with E-state index in [9.17, 15) is 4.79 Å². The van der Waals surface area contributed by atoms with Crippen LogP contribution in [0, 0.1) is 13.8 Å². The van der Waals surface area contributed by atoms with Gasteiger partial charge in [-0.25, -0.2) is 0 Å². The lowest BCUT2D eigenvalue weighted by molar-refractivity contribution is 0.102. The fourth-order valence-corrected chi connectivity index (χ4v) is 4.74. The van der Waals surface area contributed by atoms with Gasteiger partial charge in [-0.15, -0.1) is 21.5 Å². The van der Waals surface area contributed by atoms with Crippen LogP contribution in [0.5, 0.6) is 11.5 Å². The SMILES string of the molecule is COc1cc(OC)cc(-c2nnc(SCC(=O)c3cc(C)n(Cc4cccs4)c3C)o2)c1. The maximum absolute atomic E-state index is 12.9. The molecule has 0 saturated heterocycles. The van der Waals surface area contributed by atoms with Crippen molar-refractivity contribution in [3.05, 3.63) is 63.6 Å². The van der Waals surface area contributed by atoms with Crippen LogP contribution in [0.3, 0.4) is 0 Å². The molecule has 7 nitrogen and oxygen atoms in total. The van der Waals surface area contributed by atoms with Crippen LogP contribution in [0.2, 0.25) is 0 Å². The summed E-state index contributed by atoms with van der Waals surface area (Å²) >= 11 is 2.94. The fourth-order valence-electron chi connectivity index (χ4n) is 3.41. The number of aryl methyl sites for hydroxylation is 1. The lowest BCUT2D eigenvalue weighted by Gasteiger charge is -2.08. The van der Waals surface area contributed by atoms with Gasteiger partial charge in [-0.1, -0.05) is 17.8 Å². The molecule has 0 aliphatic heterocycles. The molecule has 166 valence electrons. The second-order valence-electron chi connectivity index (χ2n) is 7.14. The molecule has 1 aromatic carbocycles. The first-order valence-corrected chi connectivity index (χ1v) is 11.8. The van der Waals surface area contributed by atoms with Gasteiger partial charge in [0, 0.05) is 33.5 Å². The summed E-state index contributed by atoms with van der Waals surface area (Å²) in [6, 6.07) is 11.4. The van der Waals surface area contributed by atoms with Gasteiger partial charge in [0.05, 0.1) is 26.5 Å². The molecule has 0 spiro atoms. The number of benzene rings is 1. The molecule has 4 rings (SSSR count). The van der Waals surface area contributed by atoms with Crippen molar-refractivity contribution in [2.75, 3.05) is 20.0 Å². The molecular formula is C23H23N3O4S2. The van der Waals surface area contributed by atoms with Crippen molar-refractivity contribution in [1.82, 2.24) is 14.8 Å². The van der Waals surface area contributed by atoms with Crippen molar-refractivity contribution < 1.29 is 18.7 Å². The third-order valence-corrected chi connectivity index (χ3v) is 6.78. The zero-order valence-electron chi connectivity index (χ0n) is 18.2. The second-order valence-corrected chi connectivity index (χ2v) is 9.10. The van der Waals surface area contributed by atoms with Gasteiger partial charge in [0.15, 0.2) is 5.78 Å². The molecule has 4 aromatic rings. The Kier molecular flexibility index (Phi) is 6.66. The Balaban J connectivity index is 1.45. The van der Waals surface area contributed by atoms with E-state index >= 15 is 0 Å². The third-order valence-electron chi connectivity index (χ3n) is 5.10. The molecular weight excluding hydrogens is 446 g/mol. The topological polar surface area (TPSA) is 79.4 Å². The van der Waals surface area contributed by atoms with Crippen molar-refractivity contribution in [2.45, 2.75) is 25.6 Å². The van der Waals surface area contributed by atoms with E-state index < -0.39 is 0 Å². The molecule has 0 fully saturated rings. The number of ether oxygens (including phenoxy) is 2. The molecule has 0 aliphatic rings. The van der Waals surface area contributed by atoms with Crippen LogP contribution >= 0.6 is 23.1 Å². The highest BCUT2D eigenvalue weighted by Gasteiger charge is 2.18. The van der Waals surface area contributed by atoms with E-state index in [4.69, 9.17) is 13.9 Å². The van der Waals surface area contributed by atoms with E-state index in [-0.39, 0.29) is 11.5 Å². The summed E-state index contributed by atoms with van der Waals surface area (Å²) in [6.07, 6.45) is 0. The zero-order valence-corrected chi connectivity index (χ0v) is 19.9. The Morgan fingerprint density at radius 3 is 2.53 bits per heavy atom. The van der Waals surface area contributed by atoms with E-state index in [0.29, 0.717) is 28.2 Å². The molecule has 3 aromatic heterocycles. The van der Waals surface area contributed by atoms with Gasteiger partial charge in [-0.05, 0) is 43.5 Å². The quantitative estimate of drug-likeness (QED) is 0.244. The first-order valence-electron chi connectivity index (χ1n) is 9.90. The lowest BCUT2D eigenvalue weighted by atomic mass is 10.2. The smallest absolute Gasteiger partial charge is 0.277 e. The molecule has 0 amide bonds. The van der Waals surface area contributed by atoms with Gasteiger partial charge in [0.25, 0.3) is 5.22 Å². The van der Waals surface area contributed by atoms with E-state index in [1.54, 1.807) is 43.8 Å². The molecule has 0 saturated carbocycles. The standard InChI is InChI=1S/C23H23N3O4S2/c1-14-8-20(15(2)26(14)12-19-6-5-7-31-19)21(27)13-32-23-25-24-22(30-23)16-9-17(28-3)11-18(10-16)29-4/h5-11H,12-13H2,1-4H3. The number of hydrogen-bond donors (Lipinski definition) is 0. The van der Waals surface area contributed by atoms with Gasteiger partial charge in [0.2, 0.25) is 5.89 Å². The summed E-state index contributed by atoms with van der Waals surface area (Å²) in [5.41, 5.74) is 3.44. The van der Waals surface area contributed by atoms with Crippen molar-refractivity contribution in [3.8, 4) is 23.0 Å². The van der Waals surface area contributed by atoms with Gasteiger partial charge < -0.3 is 18.5 Å². The Hall–Kier alpha value is -3.04. The number of carbonyl (C=O) groups excluding carboxylic acids is 1. The third kappa shape index (κ3) is 4.73. The lowest BCUT2D eigenvalue weighted by Crippen LogP contribution is -2.07. The van der Waals surface area contributed by atoms with Gasteiger partial charge in [-0.3, -0.25) is 4.79 Å². The number of hydrogen-bond acceptors (Lipinski definition) is 8. The zero-order chi connectivity index (χ0) is 22.7. The predicted octanol–water partition coefficient (Wildman–Crippen LogP) is 5.26. The number of ketones is 1. The van der Waals surface area contributed by atoms with E-state index in [1.165, 1.54) is 16.6 Å². The summed E-state index contributed by atoms with van der Waals surface area (Å²) in [4.78, 5) is 14.2. The van der Waals surface area contributed by atoms with E-state index in [0.717, 1.165) is 23.5 Å². The maximum atomic E-state index is 12.9. The second kappa shape index (κ2) is 9.62. The summed E-state index contributed by atoms with van der Waals surface area (Å²) in [6.45, 7) is 4.78. The van der Waals surface area contributed by atoms with Crippen LogP contribution in [0.1, 0.15) is 26.6 Å². The van der Waals surface area contributed by atoms with Gasteiger partial charge in [0.1, 0.15) is 11.5 Å². The minimum Gasteiger partial charge on any atom is -0.497 e. The van der Waals surface area contributed by atoms with Crippen molar-refractivity contribution in [3.63, 3.8) is 0 Å². The largest absolute Gasteiger partial charge is 0.497 e. The monoisotopic (exact) mass is 469 g/mol. The number of thiophene rings is 1. The highest BCUT2D eigenvalue weighted by molar-refractivity contribution is 7.99. The average molecular weight is 470 g/mol. The molecule has 0 bridgehead atoms. The molecule has 0 N–H and O–H groups in total. The normalized spacial score (nSPS) is 11.0. The van der Waals surface area contributed by atoms with Crippen LogP contribution in [-0.4, -0.2) is 40.5 Å². The highest BCUT2D eigenvalue weighted by atomic mass is 32.2. The number of nitrogens with zero attached hydrogens (tertiary/aromatic N) is 3. The molecule has 0 unspecified atom stereocenters. The molecule has 32 heavy (non-hydrogen) atoms. The van der Waals surface area contributed by atoms with Crippen LogP contribution in [-0.2, 0) is 6.54 Å².